The standard InChI is InChI=1S/C27H33ClN6O6S2.ClH/c1-14-21-19(12-30-22(14)26(37)40-27(2,3)4)41-24(32-21)25(36)34-9-8-33(13-18(34)23(35)29-5)42(38,39)20-11-15-10-16(28)6-7-17(15)31-20;/h6-7,10-11,14,18,22,30-31H,8-9,12-13H2,1-5H3,(H,29,35);1H. The van der Waals surface area contributed by atoms with E-state index in [1.165, 1.54) is 33.7 Å². The fraction of sp³-hybridized carbons (Fsp3) is 0.481. The number of aromatic amines is 1. The number of hydrogen-bond donors (Lipinski definition) is 3. The molecule has 0 bridgehead atoms. The minimum Gasteiger partial charge on any atom is -0.459 e. The van der Waals surface area contributed by atoms with Crippen LogP contribution in [-0.2, 0) is 30.9 Å². The van der Waals surface area contributed by atoms with Gasteiger partial charge in [-0.3, -0.25) is 19.7 Å². The molecule has 0 aliphatic carbocycles. The van der Waals surface area contributed by atoms with Gasteiger partial charge in [-0.2, -0.15) is 4.31 Å². The van der Waals surface area contributed by atoms with Gasteiger partial charge in [0, 0.05) is 59.9 Å². The van der Waals surface area contributed by atoms with Gasteiger partial charge in [0.1, 0.15) is 22.7 Å². The van der Waals surface area contributed by atoms with Gasteiger partial charge in [-0.15, -0.1) is 23.7 Å². The van der Waals surface area contributed by atoms with E-state index in [0.29, 0.717) is 28.2 Å². The molecule has 234 valence electrons. The van der Waals surface area contributed by atoms with Gasteiger partial charge in [-0.25, -0.2) is 13.4 Å². The SMILES string of the molecule is CNC(=O)C1CN(S(=O)(=O)c2cc3cc(Cl)ccc3[nH]2)CCN1C(=O)c1nc2c(s1)CNC(C(=O)OC(C)(C)C)C2C.Cl. The Morgan fingerprint density at radius 3 is 2.58 bits per heavy atom. The van der Waals surface area contributed by atoms with Crippen molar-refractivity contribution in [3.05, 3.63) is 44.9 Å². The number of sulfonamides is 1. The number of hydrogen-bond acceptors (Lipinski definition) is 9. The number of carbonyl (C=O) groups is 3. The molecule has 0 radical (unpaired) electrons. The summed E-state index contributed by atoms with van der Waals surface area (Å²) in [5.41, 5.74) is 0.601. The molecule has 4 heterocycles. The maximum absolute atomic E-state index is 13.7. The number of ether oxygens (including phenoxy) is 1. The van der Waals surface area contributed by atoms with Crippen LogP contribution in [0.1, 0.15) is 54.0 Å². The molecule has 12 nitrogen and oxygen atoms in total. The molecule has 2 aromatic heterocycles. The zero-order valence-corrected chi connectivity index (χ0v) is 27.5. The summed E-state index contributed by atoms with van der Waals surface area (Å²) in [6.45, 7) is 7.34. The Hall–Kier alpha value is -2.75. The van der Waals surface area contributed by atoms with Crippen LogP contribution in [0.4, 0.5) is 0 Å². The summed E-state index contributed by atoms with van der Waals surface area (Å²) < 4.78 is 33.9. The predicted molar refractivity (Wildman–Crippen MR) is 165 cm³/mol. The highest BCUT2D eigenvalue weighted by atomic mass is 35.5. The van der Waals surface area contributed by atoms with Gasteiger partial charge in [0.25, 0.3) is 15.9 Å². The second-order valence-corrected chi connectivity index (χ2v) is 14.8. The van der Waals surface area contributed by atoms with E-state index in [1.807, 2.05) is 6.92 Å². The zero-order chi connectivity index (χ0) is 30.6. The molecule has 1 fully saturated rings. The lowest BCUT2D eigenvalue weighted by molar-refractivity contribution is -0.158. The van der Waals surface area contributed by atoms with Crippen molar-refractivity contribution in [1.82, 2.24) is 29.8 Å². The maximum Gasteiger partial charge on any atom is 0.324 e. The van der Waals surface area contributed by atoms with Crippen LogP contribution in [0.3, 0.4) is 0 Å². The summed E-state index contributed by atoms with van der Waals surface area (Å²) in [7, 11) is -2.57. The number of aromatic nitrogens is 2. The van der Waals surface area contributed by atoms with E-state index in [1.54, 1.807) is 39.0 Å². The average Bonchev–Trinajstić information content (AvgIpc) is 3.56. The fourth-order valence-electron chi connectivity index (χ4n) is 5.22. The van der Waals surface area contributed by atoms with Crippen molar-refractivity contribution >= 4 is 74.1 Å². The van der Waals surface area contributed by atoms with Gasteiger partial charge in [0.15, 0.2) is 5.01 Å². The Kier molecular flexibility index (Phi) is 9.50. The quantitative estimate of drug-likeness (QED) is 0.350. The molecular formula is C27H34Cl2N6O6S2. The summed E-state index contributed by atoms with van der Waals surface area (Å²) in [6.07, 6.45) is 0. The third-order valence-electron chi connectivity index (χ3n) is 7.31. The van der Waals surface area contributed by atoms with Crippen LogP contribution in [0.5, 0.6) is 0 Å². The Morgan fingerprint density at radius 1 is 1.19 bits per heavy atom. The van der Waals surface area contributed by atoms with E-state index in [0.717, 1.165) is 4.88 Å². The number of halogens is 2. The van der Waals surface area contributed by atoms with Crippen molar-refractivity contribution in [2.45, 2.75) is 62.9 Å². The van der Waals surface area contributed by atoms with E-state index >= 15 is 0 Å². The van der Waals surface area contributed by atoms with E-state index in [2.05, 4.69) is 20.6 Å². The molecule has 43 heavy (non-hydrogen) atoms. The van der Waals surface area contributed by atoms with E-state index in [-0.39, 0.29) is 48.0 Å². The highest BCUT2D eigenvalue weighted by Crippen LogP contribution is 2.34. The number of nitrogens with one attached hydrogen (secondary N) is 3. The molecule has 2 aliphatic heterocycles. The molecule has 16 heteroatoms. The van der Waals surface area contributed by atoms with Crippen molar-refractivity contribution in [3.63, 3.8) is 0 Å². The molecule has 0 saturated carbocycles. The average molecular weight is 674 g/mol. The minimum atomic E-state index is -4.01. The number of fused-ring (bicyclic) bond motifs is 2. The zero-order valence-electron chi connectivity index (χ0n) is 24.3. The Balaban J connectivity index is 0.00000423. The summed E-state index contributed by atoms with van der Waals surface area (Å²) >= 11 is 7.26. The topological polar surface area (TPSA) is 154 Å². The number of esters is 1. The van der Waals surface area contributed by atoms with Crippen LogP contribution >= 0.6 is 35.3 Å². The second-order valence-electron chi connectivity index (χ2n) is 11.4. The first kappa shape index (κ1) is 33.1. The van der Waals surface area contributed by atoms with Gasteiger partial charge in [0.05, 0.1) is 5.69 Å². The van der Waals surface area contributed by atoms with E-state index < -0.39 is 45.5 Å². The van der Waals surface area contributed by atoms with Gasteiger partial charge in [-0.1, -0.05) is 18.5 Å². The highest BCUT2D eigenvalue weighted by molar-refractivity contribution is 7.89. The lowest BCUT2D eigenvalue weighted by Gasteiger charge is -2.39. The van der Waals surface area contributed by atoms with Crippen molar-refractivity contribution in [2.75, 3.05) is 26.7 Å². The molecule has 1 saturated heterocycles. The normalized spacial score (nSPS) is 21.2. The van der Waals surface area contributed by atoms with Crippen molar-refractivity contribution in [2.24, 2.45) is 0 Å². The van der Waals surface area contributed by atoms with Crippen LogP contribution in [0.15, 0.2) is 29.3 Å². The van der Waals surface area contributed by atoms with Gasteiger partial charge in [-0.05, 0) is 45.0 Å². The van der Waals surface area contributed by atoms with Gasteiger partial charge >= 0.3 is 5.97 Å². The maximum atomic E-state index is 13.7. The summed E-state index contributed by atoms with van der Waals surface area (Å²) in [5.74, 6) is -1.70. The number of amides is 2. The third-order valence-corrected chi connectivity index (χ3v) is 10.4. The van der Waals surface area contributed by atoms with Gasteiger partial charge in [0.2, 0.25) is 5.91 Å². The first-order valence-corrected chi connectivity index (χ1v) is 16.1. The molecular weight excluding hydrogens is 639 g/mol. The van der Waals surface area contributed by atoms with Crippen LogP contribution < -0.4 is 10.6 Å². The first-order chi connectivity index (χ1) is 19.7. The third kappa shape index (κ3) is 6.54. The Labute approximate surface area is 265 Å². The van der Waals surface area contributed by atoms with Crippen LogP contribution in [0, 0.1) is 0 Å². The predicted octanol–water partition coefficient (Wildman–Crippen LogP) is 2.88. The first-order valence-electron chi connectivity index (χ1n) is 13.5. The van der Waals surface area contributed by atoms with Crippen LogP contribution in [0.25, 0.3) is 10.9 Å². The van der Waals surface area contributed by atoms with E-state index in [4.69, 9.17) is 16.3 Å². The Morgan fingerprint density at radius 2 is 1.91 bits per heavy atom. The number of thiazole rings is 1. The largest absolute Gasteiger partial charge is 0.459 e. The molecule has 3 N–H and O–H groups in total. The smallest absolute Gasteiger partial charge is 0.324 e. The summed E-state index contributed by atoms with van der Waals surface area (Å²) in [6, 6.07) is 4.83. The number of carbonyl (C=O) groups excluding carboxylic acids is 3. The molecule has 3 aromatic rings. The fourth-order valence-corrected chi connectivity index (χ4v) is 7.92. The summed E-state index contributed by atoms with van der Waals surface area (Å²) in [4.78, 5) is 49.1. The van der Waals surface area contributed by atoms with E-state index in [9.17, 15) is 22.8 Å². The highest BCUT2D eigenvalue weighted by Gasteiger charge is 2.42. The minimum absolute atomic E-state index is 0. The van der Waals surface area contributed by atoms with Gasteiger partial charge < -0.3 is 19.9 Å². The number of likely N-dealkylation sites (N-methyl/N-ethyl adjacent to an activating group) is 1. The van der Waals surface area contributed by atoms with Crippen LogP contribution in [-0.4, -0.2) is 89.7 Å². The second kappa shape index (κ2) is 12.3. The molecule has 3 atom stereocenters. The number of benzene rings is 1. The molecule has 5 rings (SSSR count). The number of rotatable bonds is 5. The molecule has 0 spiro atoms. The molecule has 2 aliphatic rings. The summed E-state index contributed by atoms with van der Waals surface area (Å²) in [5, 5.41) is 7.01. The van der Waals surface area contributed by atoms with Crippen molar-refractivity contribution in [1.29, 1.82) is 0 Å². The monoisotopic (exact) mass is 672 g/mol. The van der Waals surface area contributed by atoms with Crippen molar-refractivity contribution in [3.8, 4) is 0 Å². The molecule has 1 aromatic carbocycles. The molecule has 2 amide bonds. The number of H-pyrrole nitrogens is 1. The van der Waals surface area contributed by atoms with Crippen LogP contribution in [0.2, 0.25) is 5.02 Å². The number of nitrogens with zero attached hydrogens (tertiary/aromatic N) is 3. The van der Waals surface area contributed by atoms with Crippen molar-refractivity contribution < 1.29 is 27.5 Å². The number of piperazine rings is 1. The Bertz CT molecular complexity index is 1670. The lowest BCUT2D eigenvalue weighted by Crippen LogP contribution is -2.61. The molecule has 3 unspecified atom stereocenters. The lowest BCUT2D eigenvalue weighted by atomic mass is 9.94.